The van der Waals surface area contributed by atoms with Crippen LogP contribution in [0.1, 0.15) is 57.3 Å². The van der Waals surface area contributed by atoms with Gasteiger partial charge in [-0.25, -0.2) is 13.6 Å². The number of aromatic nitrogens is 1. The Bertz CT molecular complexity index is 1540. The number of nitrogens with one attached hydrogen (secondary N) is 1. The van der Waals surface area contributed by atoms with Gasteiger partial charge in [-0.2, -0.15) is 0 Å². The van der Waals surface area contributed by atoms with Crippen LogP contribution in [-0.4, -0.2) is 73.8 Å². The molecular formula is C33H40F2N4O7. The molecule has 0 fully saturated rings. The van der Waals surface area contributed by atoms with Crippen molar-refractivity contribution < 1.29 is 43.3 Å². The SMILES string of the molecule is CC(C)(C)C(c1cc(-c2cc(F)ccc2F)cn1Cc1ccccc1)N(CCC(N)C(=O)NC(CCC(=O)O)C(=O)O)C(=O)CO. The number of halogens is 2. The van der Waals surface area contributed by atoms with E-state index in [1.807, 2.05) is 55.7 Å². The number of carbonyl (C=O) groups excluding carboxylic acids is 2. The van der Waals surface area contributed by atoms with Crippen LogP contribution in [0.2, 0.25) is 0 Å². The topological polar surface area (TPSA) is 175 Å². The zero-order valence-corrected chi connectivity index (χ0v) is 26.0. The number of carboxylic acid groups (broad SMARTS) is 2. The average molecular weight is 643 g/mol. The van der Waals surface area contributed by atoms with Gasteiger partial charge in [0.05, 0.1) is 12.1 Å². The van der Waals surface area contributed by atoms with E-state index in [0.29, 0.717) is 17.8 Å². The lowest BCUT2D eigenvalue weighted by atomic mass is 9.82. The van der Waals surface area contributed by atoms with Crippen molar-refractivity contribution in [1.82, 2.24) is 14.8 Å². The smallest absolute Gasteiger partial charge is 0.326 e. The van der Waals surface area contributed by atoms with E-state index >= 15 is 0 Å². The molecule has 0 saturated heterocycles. The maximum Gasteiger partial charge on any atom is 0.326 e. The quantitative estimate of drug-likeness (QED) is 0.167. The highest BCUT2D eigenvalue weighted by atomic mass is 19.1. The summed E-state index contributed by atoms with van der Waals surface area (Å²) < 4.78 is 31.0. The Kier molecular flexibility index (Phi) is 12.2. The van der Waals surface area contributed by atoms with Crippen LogP contribution in [-0.2, 0) is 25.7 Å². The van der Waals surface area contributed by atoms with E-state index in [-0.39, 0.29) is 24.9 Å². The van der Waals surface area contributed by atoms with Gasteiger partial charge in [0.25, 0.3) is 0 Å². The van der Waals surface area contributed by atoms with Crippen LogP contribution in [0.4, 0.5) is 8.78 Å². The van der Waals surface area contributed by atoms with Crippen molar-refractivity contribution in [2.45, 2.75) is 64.7 Å². The second-order valence-electron chi connectivity index (χ2n) is 12.1. The summed E-state index contributed by atoms with van der Waals surface area (Å²) in [6.07, 6.45) is 0.697. The summed E-state index contributed by atoms with van der Waals surface area (Å²) in [6, 6.07) is 10.6. The second-order valence-corrected chi connectivity index (χ2v) is 12.1. The number of amides is 2. The Labute approximate surface area is 265 Å². The summed E-state index contributed by atoms with van der Waals surface area (Å²) in [7, 11) is 0. The molecule has 6 N–H and O–H groups in total. The number of hydrogen-bond acceptors (Lipinski definition) is 6. The van der Waals surface area contributed by atoms with Crippen molar-refractivity contribution in [3.63, 3.8) is 0 Å². The lowest BCUT2D eigenvalue weighted by Crippen LogP contribution is -2.50. The third-order valence-electron chi connectivity index (χ3n) is 7.51. The lowest BCUT2D eigenvalue weighted by molar-refractivity contribution is -0.143. The molecule has 0 aliphatic carbocycles. The maximum absolute atomic E-state index is 14.9. The Balaban J connectivity index is 2.01. The first-order chi connectivity index (χ1) is 21.6. The lowest BCUT2D eigenvalue weighted by Gasteiger charge is -2.41. The van der Waals surface area contributed by atoms with E-state index in [1.165, 1.54) is 4.90 Å². The minimum absolute atomic E-state index is 0.0235. The van der Waals surface area contributed by atoms with Crippen LogP contribution in [0.15, 0.2) is 60.8 Å². The number of nitrogens with zero attached hydrogens (tertiary/aromatic N) is 2. The first-order valence-corrected chi connectivity index (χ1v) is 14.7. The Morgan fingerprint density at radius 2 is 1.67 bits per heavy atom. The van der Waals surface area contributed by atoms with Crippen LogP contribution >= 0.6 is 0 Å². The number of benzene rings is 2. The molecule has 2 aromatic carbocycles. The molecule has 248 valence electrons. The first-order valence-electron chi connectivity index (χ1n) is 14.7. The zero-order chi connectivity index (χ0) is 34.2. The van der Waals surface area contributed by atoms with Crippen molar-refractivity contribution in [3.8, 4) is 11.1 Å². The molecule has 1 heterocycles. The summed E-state index contributed by atoms with van der Waals surface area (Å²) in [5.74, 6) is -5.44. The molecule has 0 saturated carbocycles. The highest BCUT2D eigenvalue weighted by molar-refractivity contribution is 5.87. The summed E-state index contributed by atoms with van der Waals surface area (Å²) in [6.45, 7) is 4.91. The van der Waals surface area contributed by atoms with Crippen LogP contribution in [0, 0.1) is 17.0 Å². The van der Waals surface area contributed by atoms with E-state index < -0.39 is 72.0 Å². The standard InChI is InChI=1S/C33H40F2N4O7/c1-33(2,3)30(39(28(41)19-40)14-13-25(36)31(44)37-26(32(45)46)11-12-29(42)43)27-15-21(23-16-22(34)9-10-24(23)35)18-38(27)17-20-7-5-4-6-8-20/h4-10,15-16,18,25-26,30,40H,11-14,17,19,36H2,1-3H3,(H,37,44)(H,42,43)(H,45,46). The normalized spacial score (nSPS) is 13.5. The predicted octanol–water partition coefficient (Wildman–Crippen LogP) is 3.54. The van der Waals surface area contributed by atoms with Gasteiger partial charge in [-0.3, -0.25) is 14.4 Å². The van der Waals surface area contributed by atoms with Crippen molar-refractivity contribution in [3.05, 3.63) is 83.7 Å². The molecule has 46 heavy (non-hydrogen) atoms. The first kappa shape index (κ1) is 35.9. The van der Waals surface area contributed by atoms with Crippen molar-refractivity contribution in [2.75, 3.05) is 13.2 Å². The van der Waals surface area contributed by atoms with Crippen molar-refractivity contribution >= 4 is 23.8 Å². The third kappa shape index (κ3) is 9.44. The molecule has 13 heteroatoms. The number of aliphatic hydroxyl groups excluding tert-OH is 1. The summed E-state index contributed by atoms with van der Waals surface area (Å²) in [4.78, 5) is 49.9. The van der Waals surface area contributed by atoms with Gasteiger partial charge in [-0.05, 0) is 48.1 Å². The Morgan fingerprint density at radius 1 is 1.00 bits per heavy atom. The van der Waals surface area contributed by atoms with Crippen LogP contribution in [0.5, 0.6) is 0 Å². The van der Waals surface area contributed by atoms with E-state index in [4.69, 9.17) is 10.8 Å². The molecule has 0 aliphatic rings. The van der Waals surface area contributed by atoms with Gasteiger partial charge in [-0.1, -0.05) is 51.1 Å². The molecule has 3 aromatic rings. The van der Waals surface area contributed by atoms with Gasteiger partial charge in [-0.15, -0.1) is 0 Å². The number of aliphatic hydroxyl groups is 1. The molecule has 0 radical (unpaired) electrons. The highest BCUT2D eigenvalue weighted by Crippen LogP contribution is 2.41. The number of rotatable bonds is 15. The van der Waals surface area contributed by atoms with Crippen LogP contribution in [0.3, 0.4) is 0 Å². The summed E-state index contributed by atoms with van der Waals surface area (Å²) in [5.41, 5.74) is 7.23. The van der Waals surface area contributed by atoms with Crippen molar-refractivity contribution in [2.24, 2.45) is 11.1 Å². The molecular weight excluding hydrogens is 602 g/mol. The maximum atomic E-state index is 14.9. The molecule has 3 rings (SSSR count). The number of carboxylic acids is 2. The van der Waals surface area contributed by atoms with Gasteiger partial charge >= 0.3 is 11.9 Å². The molecule has 2 amide bonds. The van der Waals surface area contributed by atoms with Crippen molar-refractivity contribution in [1.29, 1.82) is 0 Å². The average Bonchev–Trinajstić information content (AvgIpc) is 3.39. The molecule has 3 unspecified atom stereocenters. The minimum atomic E-state index is -1.48. The fraction of sp³-hybridized carbons (Fsp3) is 0.394. The van der Waals surface area contributed by atoms with Gasteiger partial charge in [0.1, 0.15) is 24.3 Å². The fourth-order valence-electron chi connectivity index (χ4n) is 5.31. The highest BCUT2D eigenvalue weighted by Gasteiger charge is 2.37. The summed E-state index contributed by atoms with van der Waals surface area (Å²) >= 11 is 0. The van der Waals surface area contributed by atoms with Crippen LogP contribution in [0.25, 0.3) is 11.1 Å². The molecule has 0 spiro atoms. The monoisotopic (exact) mass is 642 g/mol. The number of hydrogen-bond donors (Lipinski definition) is 5. The molecule has 1 aromatic heterocycles. The molecule has 11 nitrogen and oxygen atoms in total. The second kappa shape index (κ2) is 15.6. The summed E-state index contributed by atoms with van der Waals surface area (Å²) in [5, 5.41) is 30.5. The predicted molar refractivity (Wildman–Crippen MR) is 165 cm³/mol. The van der Waals surface area contributed by atoms with E-state index in [0.717, 1.165) is 23.8 Å². The van der Waals surface area contributed by atoms with Gasteiger partial charge in [0.2, 0.25) is 11.8 Å². The largest absolute Gasteiger partial charge is 0.481 e. The zero-order valence-electron chi connectivity index (χ0n) is 26.0. The fourth-order valence-corrected chi connectivity index (χ4v) is 5.31. The van der Waals surface area contributed by atoms with E-state index in [1.54, 1.807) is 12.3 Å². The molecule has 0 bridgehead atoms. The molecule has 0 aliphatic heterocycles. The Morgan fingerprint density at radius 3 is 2.26 bits per heavy atom. The van der Waals surface area contributed by atoms with E-state index in [2.05, 4.69) is 5.32 Å². The number of aliphatic carboxylic acids is 2. The van der Waals surface area contributed by atoms with Gasteiger partial charge in [0, 0.05) is 42.5 Å². The molecule has 3 atom stereocenters. The third-order valence-corrected chi connectivity index (χ3v) is 7.51. The van der Waals surface area contributed by atoms with Crippen LogP contribution < -0.4 is 11.1 Å². The number of nitrogens with two attached hydrogens (primary N) is 1. The Hall–Kier alpha value is -4.62. The van der Waals surface area contributed by atoms with E-state index in [9.17, 15) is 38.2 Å². The number of carbonyl (C=O) groups is 4. The minimum Gasteiger partial charge on any atom is -0.481 e. The van der Waals surface area contributed by atoms with Gasteiger partial charge in [0.15, 0.2) is 0 Å². The van der Waals surface area contributed by atoms with Gasteiger partial charge < -0.3 is 35.8 Å².